The summed E-state index contributed by atoms with van der Waals surface area (Å²) in [6.07, 6.45) is 0. The van der Waals surface area contributed by atoms with Crippen LogP contribution in [0.25, 0.3) is 83.3 Å². The number of rotatable bonds is 4. The second-order valence-corrected chi connectivity index (χ2v) is 16.0. The highest BCUT2D eigenvalue weighted by Gasteiger charge is 2.51. The molecule has 0 N–H and O–H groups in total. The van der Waals surface area contributed by atoms with Gasteiger partial charge in [0, 0.05) is 38.9 Å². The molecule has 4 heteroatoms. The van der Waals surface area contributed by atoms with Crippen molar-refractivity contribution in [1.82, 2.24) is 14.5 Å². The van der Waals surface area contributed by atoms with Gasteiger partial charge < -0.3 is 9.30 Å². The Bertz CT molecular complexity index is 3470. The molecule has 11 aromatic rings. The molecule has 13 rings (SSSR count). The van der Waals surface area contributed by atoms with Crippen LogP contribution in [0, 0.1) is 0 Å². The van der Waals surface area contributed by atoms with E-state index in [1.54, 1.807) is 0 Å². The van der Waals surface area contributed by atoms with Crippen molar-refractivity contribution in [3.05, 3.63) is 235 Å². The Morgan fingerprint density at radius 3 is 1.77 bits per heavy atom. The fourth-order valence-corrected chi connectivity index (χ4v) is 10.3. The average molecular weight is 778 g/mol. The molecule has 0 bridgehead atoms. The summed E-state index contributed by atoms with van der Waals surface area (Å²) in [6.45, 7) is 0. The van der Waals surface area contributed by atoms with Crippen molar-refractivity contribution in [3.63, 3.8) is 0 Å². The van der Waals surface area contributed by atoms with Gasteiger partial charge in [-0.2, -0.15) is 0 Å². The lowest BCUT2D eigenvalue weighted by Gasteiger charge is -2.39. The topological polar surface area (TPSA) is 39.9 Å². The molecule has 1 spiro atoms. The van der Waals surface area contributed by atoms with Crippen molar-refractivity contribution >= 4 is 32.6 Å². The van der Waals surface area contributed by atoms with E-state index in [1.807, 2.05) is 24.3 Å². The van der Waals surface area contributed by atoms with Crippen molar-refractivity contribution in [1.29, 1.82) is 0 Å². The highest BCUT2D eigenvalue weighted by Crippen LogP contribution is 2.63. The molecule has 1 aliphatic carbocycles. The second kappa shape index (κ2) is 13.0. The number of hydrogen-bond donors (Lipinski definition) is 0. The van der Waals surface area contributed by atoms with Gasteiger partial charge in [-0.3, -0.25) is 0 Å². The number of ether oxygens (including phenoxy) is 1. The molecule has 0 saturated heterocycles. The van der Waals surface area contributed by atoms with Crippen molar-refractivity contribution in [2.24, 2.45) is 0 Å². The van der Waals surface area contributed by atoms with Crippen LogP contribution in [0.3, 0.4) is 0 Å². The maximum absolute atomic E-state index is 7.29. The van der Waals surface area contributed by atoms with E-state index in [-0.39, 0.29) is 0 Å². The lowest BCUT2D eigenvalue weighted by molar-refractivity contribution is 0.442. The third-order valence-corrected chi connectivity index (χ3v) is 12.9. The monoisotopic (exact) mass is 777 g/mol. The van der Waals surface area contributed by atoms with Gasteiger partial charge in [-0.15, -0.1) is 0 Å². The summed E-state index contributed by atoms with van der Waals surface area (Å²) >= 11 is 0. The number of fused-ring (bicyclic) bond motifs is 15. The van der Waals surface area contributed by atoms with E-state index in [0.717, 1.165) is 72.8 Å². The SMILES string of the molecule is c1ccc(-c2cc(-c3cccc(-n4c5ccc6c(c5c5c7ccccc7ccc54)Oc4ccccc4C64c5ccccc5-c5ccccc54)c3)nc(-c3ccccc3)n2)cc1. The van der Waals surface area contributed by atoms with E-state index in [0.29, 0.717) is 5.82 Å². The van der Waals surface area contributed by atoms with Crippen LogP contribution in [-0.4, -0.2) is 14.5 Å². The summed E-state index contributed by atoms with van der Waals surface area (Å²) in [5, 5.41) is 4.65. The number of benzene rings is 9. The summed E-state index contributed by atoms with van der Waals surface area (Å²) in [4.78, 5) is 10.3. The predicted molar refractivity (Wildman–Crippen MR) is 248 cm³/mol. The minimum absolute atomic E-state index is 0.565. The van der Waals surface area contributed by atoms with Gasteiger partial charge in [0.2, 0.25) is 0 Å². The molecule has 0 radical (unpaired) electrons. The van der Waals surface area contributed by atoms with Crippen LogP contribution in [0.1, 0.15) is 22.3 Å². The van der Waals surface area contributed by atoms with Gasteiger partial charge in [-0.25, -0.2) is 9.97 Å². The fraction of sp³-hybridized carbons (Fsp3) is 0.0175. The van der Waals surface area contributed by atoms with Gasteiger partial charge in [-0.05, 0) is 69.4 Å². The molecule has 9 aromatic carbocycles. The number of nitrogens with zero attached hydrogens (tertiary/aromatic N) is 3. The largest absolute Gasteiger partial charge is 0.456 e. The quantitative estimate of drug-likeness (QED) is 0.179. The van der Waals surface area contributed by atoms with Gasteiger partial charge in [0.05, 0.1) is 33.2 Å². The Labute approximate surface area is 352 Å². The van der Waals surface area contributed by atoms with Crippen molar-refractivity contribution in [3.8, 4) is 62.2 Å². The Kier molecular flexibility index (Phi) is 7.19. The molecule has 0 fully saturated rings. The molecule has 2 aliphatic rings. The van der Waals surface area contributed by atoms with Crippen molar-refractivity contribution in [2.75, 3.05) is 0 Å². The Morgan fingerprint density at radius 2 is 1.00 bits per heavy atom. The van der Waals surface area contributed by atoms with Crippen molar-refractivity contribution in [2.45, 2.75) is 5.41 Å². The lowest BCUT2D eigenvalue weighted by Crippen LogP contribution is -2.32. The molecule has 1 aliphatic heterocycles. The third-order valence-electron chi connectivity index (χ3n) is 12.9. The van der Waals surface area contributed by atoms with E-state index < -0.39 is 5.41 Å². The Balaban J connectivity index is 1.10. The maximum Gasteiger partial charge on any atom is 0.160 e. The van der Waals surface area contributed by atoms with Crippen LogP contribution in [-0.2, 0) is 5.41 Å². The third kappa shape index (κ3) is 4.82. The smallest absolute Gasteiger partial charge is 0.160 e. The zero-order valence-electron chi connectivity index (χ0n) is 33.0. The standard InChI is InChI=1S/C57H35N3O/c1-3-17-37(18-4-1)48-35-49(59-56(58-48)38-19-5-2-6-20-38)39-21-15-22-40(34-39)60-50-32-30-36-16-7-8-23-41(36)53(50)54-51(60)33-31-47-55(54)61-52-29-14-13-28-46(52)57(47)44-26-11-9-24-42(44)43-25-10-12-27-45(43)57/h1-35H. The normalized spacial score (nSPS) is 13.2. The van der Waals surface area contributed by atoms with E-state index in [2.05, 4.69) is 193 Å². The first-order valence-corrected chi connectivity index (χ1v) is 20.8. The summed E-state index contributed by atoms with van der Waals surface area (Å²) in [6, 6.07) is 75.8. The molecule has 0 amide bonds. The second-order valence-electron chi connectivity index (χ2n) is 16.0. The van der Waals surface area contributed by atoms with Crippen LogP contribution in [0.5, 0.6) is 11.5 Å². The Morgan fingerprint density at radius 1 is 0.410 bits per heavy atom. The molecule has 2 aromatic heterocycles. The van der Waals surface area contributed by atoms with Crippen LogP contribution in [0.2, 0.25) is 0 Å². The number of aromatic nitrogens is 3. The minimum Gasteiger partial charge on any atom is -0.456 e. The summed E-state index contributed by atoms with van der Waals surface area (Å²) in [5.41, 5.74) is 14.8. The highest BCUT2D eigenvalue weighted by molar-refractivity contribution is 6.24. The van der Waals surface area contributed by atoms with Gasteiger partial charge in [0.15, 0.2) is 5.82 Å². The molecule has 4 nitrogen and oxygen atoms in total. The van der Waals surface area contributed by atoms with Crippen molar-refractivity contribution < 1.29 is 4.74 Å². The molecular weight excluding hydrogens is 743 g/mol. The first-order valence-electron chi connectivity index (χ1n) is 20.8. The van der Waals surface area contributed by atoms with Crippen LogP contribution < -0.4 is 4.74 Å². The van der Waals surface area contributed by atoms with Crippen LogP contribution in [0.15, 0.2) is 212 Å². The predicted octanol–water partition coefficient (Wildman–Crippen LogP) is 14.2. The van der Waals surface area contributed by atoms with E-state index in [1.165, 1.54) is 38.4 Å². The van der Waals surface area contributed by atoms with Gasteiger partial charge >= 0.3 is 0 Å². The zero-order valence-corrected chi connectivity index (χ0v) is 33.0. The van der Waals surface area contributed by atoms with Crippen LogP contribution in [0.4, 0.5) is 0 Å². The molecule has 61 heavy (non-hydrogen) atoms. The maximum atomic E-state index is 7.29. The first kappa shape index (κ1) is 33.8. The molecule has 0 unspecified atom stereocenters. The first-order chi connectivity index (χ1) is 30.3. The highest BCUT2D eigenvalue weighted by atomic mass is 16.5. The summed E-state index contributed by atoms with van der Waals surface area (Å²) < 4.78 is 9.70. The number of hydrogen-bond acceptors (Lipinski definition) is 3. The van der Waals surface area contributed by atoms with E-state index >= 15 is 0 Å². The molecule has 3 heterocycles. The van der Waals surface area contributed by atoms with Gasteiger partial charge in [-0.1, -0.05) is 176 Å². The van der Waals surface area contributed by atoms with Crippen LogP contribution >= 0.6 is 0 Å². The summed E-state index contributed by atoms with van der Waals surface area (Å²) in [5.74, 6) is 2.47. The minimum atomic E-state index is -0.565. The zero-order chi connectivity index (χ0) is 40.1. The van der Waals surface area contributed by atoms with Gasteiger partial charge in [0.1, 0.15) is 11.5 Å². The number of para-hydroxylation sites is 1. The average Bonchev–Trinajstić information content (AvgIpc) is 3.84. The molecule has 0 atom stereocenters. The Hall–Kier alpha value is -8.08. The molecule has 284 valence electrons. The molecule has 0 saturated carbocycles. The van der Waals surface area contributed by atoms with Gasteiger partial charge in [0.25, 0.3) is 0 Å². The fourth-order valence-electron chi connectivity index (χ4n) is 10.3. The van der Waals surface area contributed by atoms with E-state index in [4.69, 9.17) is 14.7 Å². The summed E-state index contributed by atoms with van der Waals surface area (Å²) in [7, 11) is 0. The lowest BCUT2D eigenvalue weighted by atomic mass is 9.66. The molecular formula is C57H35N3O. The van der Waals surface area contributed by atoms with E-state index in [9.17, 15) is 0 Å².